The Kier molecular flexibility index (Phi) is 3.47. The average Bonchev–Trinajstić information content (AvgIpc) is 2.78. The van der Waals surface area contributed by atoms with E-state index in [9.17, 15) is 9.90 Å². The van der Waals surface area contributed by atoms with Crippen molar-refractivity contribution in [1.29, 1.82) is 0 Å². The summed E-state index contributed by atoms with van der Waals surface area (Å²) in [6, 6.07) is 6.21. The number of nitrogens with one attached hydrogen (secondary N) is 1. The molecule has 0 bridgehead atoms. The summed E-state index contributed by atoms with van der Waals surface area (Å²) in [7, 11) is 0. The van der Waals surface area contributed by atoms with Crippen LogP contribution in [0.1, 0.15) is 37.6 Å². The van der Waals surface area contributed by atoms with Gasteiger partial charge in [-0.05, 0) is 46.6 Å². The fourth-order valence-corrected chi connectivity index (χ4v) is 4.60. The van der Waals surface area contributed by atoms with Crippen molar-refractivity contribution in [2.45, 2.75) is 37.7 Å². The first-order chi connectivity index (χ1) is 10.2. The largest absolute Gasteiger partial charge is 0.465 e. The van der Waals surface area contributed by atoms with Gasteiger partial charge in [0, 0.05) is 35.1 Å². The zero-order valence-corrected chi connectivity index (χ0v) is 15.5. The van der Waals surface area contributed by atoms with Gasteiger partial charge in [0.05, 0.1) is 0 Å². The highest BCUT2D eigenvalue weighted by Crippen LogP contribution is 2.55. The van der Waals surface area contributed by atoms with Gasteiger partial charge in [-0.2, -0.15) is 0 Å². The van der Waals surface area contributed by atoms with Crippen molar-refractivity contribution >= 4 is 39.6 Å². The van der Waals surface area contributed by atoms with E-state index in [4.69, 9.17) is 0 Å². The summed E-state index contributed by atoms with van der Waals surface area (Å²) in [5.41, 5.74) is 4.38. The number of amides is 1. The Hall–Kier alpha value is -1.24. The zero-order chi connectivity index (χ0) is 16.3. The SMILES string of the molecule is Cc1cccc2[nH]c3c(c12)C(I)(C(C)(C)C)N(C(=O)O)CC3. The number of halogens is 1. The van der Waals surface area contributed by atoms with Gasteiger partial charge in [0.2, 0.25) is 0 Å². The molecule has 1 aliphatic heterocycles. The lowest BCUT2D eigenvalue weighted by Crippen LogP contribution is -2.55. The molecule has 2 N–H and O–H groups in total. The molecule has 3 rings (SSSR count). The first-order valence-electron chi connectivity index (χ1n) is 7.48. The van der Waals surface area contributed by atoms with Gasteiger partial charge in [-0.3, -0.25) is 4.90 Å². The Morgan fingerprint density at radius 2 is 2.09 bits per heavy atom. The molecule has 0 aliphatic carbocycles. The number of aryl methyl sites for hydroxylation is 1. The van der Waals surface area contributed by atoms with Crippen LogP contribution in [0.4, 0.5) is 4.79 Å². The van der Waals surface area contributed by atoms with Crippen LogP contribution in [0, 0.1) is 12.3 Å². The van der Waals surface area contributed by atoms with Crippen molar-refractivity contribution in [2.24, 2.45) is 5.41 Å². The van der Waals surface area contributed by atoms with E-state index in [1.54, 1.807) is 4.90 Å². The number of H-pyrrole nitrogens is 1. The fourth-order valence-electron chi connectivity index (χ4n) is 3.55. The summed E-state index contributed by atoms with van der Waals surface area (Å²) in [6.45, 7) is 8.95. The van der Waals surface area contributed by atoms with E-state index < -0.39 is 9.64 Å². The quantitative estimate of drug-likeness (QED) is 0.376. The highest BCUT2D eigenvalue weighted by atomic mass is 127. The Labute approximate surface area is 144 Å². The highest BCUT2D eigenvalue weighted by Gasteiger charge is 2.53. The van der Waals surface area contributed by atoms with Gasteiger partial charge in [-0.25, -0.2) is 4.79 Å². The van der Waals surface area contributed by atoms with Gasteiger partial charge in [-0.15, -0.1) is 0 Å². The molecule has 1 aliphatic rings. The number of alkyl halides is 1. The normalized spacial score (nSPS) is 22.0. The number of rotatable bonds is 0. The second kappa shape index (κ2) is 4.88. The Bertz CT molecular complexity index is 760. The molecule has 2 heterocycles. The van der Waals surface area contributed by atoms with Gasteiger partial charge >= 0.3 is 6.09 Å². The van der Waals surface area contributed by atoms with Crippen molar-refractivity contribution < 1.29 is 9.90 Å². The van der Waals surface area contributed by atoms with Gasteiger partial charge in [0.15, 0.2) is 0 Å². The minimum atomic E-state index is -0.849. The van der Waals surface area contributed by atoms with Crippen LogP contribution >= 0.6 is 22.6 Å². The van der Waals surface area contributed by atoms with Crippen LogP contribution < -0.4 is 0 Å². The van der Waals surface area contributed by atoms with Gasteiger partial charge < -0.3 is 10.1 Å². The summed E-state index contributed by atoms with van der Waals surface area (Å²) in [5.74, 6) is 0. The Morgan fingerprint density at radius 1 is 1.41 bits per heavy atom. The van der Waals surface area contributed by atoms with Crippen LogP contribution in [-0.2, 0) is 9.97 Å². The molecule has 1 atom stereocenters. The minimum Gasteiger partial charge on any atom is -0.465 e. The number of aromatic amines is 1. The predicted octanol–water partition coefficient (Wildman–Crippen LogP) is 4.65. The number of carboxylic acid groups (broad SMARTS) is 1. The number of fused-ring (bicyclic) bond motifs is 3. The molecular formula is C17H21IN2O2. The molecular weight excluding hydrogens is 391 g/mol. The topological polar surface area (TPSA) is 56.3 Å². The molecule has 0 saturated heterocycles. The standard InChI is InChI=1S/C17H21IN2O2/c1-10-6-5-7-11-13(10)14-12(19-11)8-9-20(15(21)22)17(14,18)16(2,3)4/h5-7,19H,8-9H2,1-4H3,(H,21,22). The predicted molar refractivity (Wildman–Crippen MR) is 96.6 cm³/mol. The molecule has 1 amide bonds. The number of hydrogen-bond acceptors (Lipinski definition) is 1. The smallest absolute Gasteiger partial charge is 0.408 e. The second-order valence-electron chi connectivity index (χ2n) is 7.03. The Balaban J connectivity index is 2.41. The molecule has 0 saturated carbocycles. The summed E-state index contributed by atoms with van der Waals surface area (Å²) in [6.07, 6.45) is -0.116. The van der Waals surface area contributed by atoms with Crippen molar-refractivity contribution in [1.82, 2.24) is 9.88 Å². The summed E-state index contributed by atoms with van der Waals surface area (Å²) >= 11 is 2.35. The lowest BCUT2D eigenvalue weighted by molar-refractivity contribution is 0.0655. The van der Waals surface area contributed by atoms with E-state index in [-0.39, 0.29) is 5.41 Å². The number of carbonyl (C=O) groups is 1. The van der Waals surface area contributed by atoms with Crippen LogP contribution in [0.5, 0.6) is 0 Å². The third kappa shape index (κ3) is 1.97. The third-order valence-electron chi connectivity index (χ3n) is 4.62. The number of hydrogen-bond donors (Lipinski definition) is 2. The lowest BCUT2D eigenvalue weighted by Gasteiger charge is -2.50. The van der Waals surface area contributed by atoms with Crippen molar-refractivity contribution in [3.05, 3.63) is 35.0 Å². The molecule has 1 aromatic carbocycles. The molecule has 1 unspecified atom stereocenters. The molecule has 2 aromatic rings. The van der Waals surface area contributed by atoms with Gasteiger partial charge in [0.25, 0.3) is 0 Å². The number of aromatic nitrogens is 1. The first kappa shape index (κ1) is 15.6. The van der Waals surface area contributed by atoms with Crippen molar-refractivity contribution in [3.8, 4) is 0 Å². The van der Waals surface area contributed by atoms with E-state index >= 15 is 0 Å². The molecule has 22 heavy (non-hydrogen) atoms. The maximum absolute atomic E-state index is 11.9. The summed E-state index contributed by atoms with van der Waals surface area (Å²) in [4.78, 5) is 17.0. The molecule has 5 heteroatoms. The summed E-state index contributed by atoms with van der Waals surface area (Å²) < 4.78 is -0.589. The molecule has 0 radical (unpaired) electrons. The fraction of sp³-hybridized carbons (Fsp3) is 0.471. The van der Waals surface area contributed by atoms with Gasteiger partial charge in [-0.1, -0.05) is 32.9 Å². The van der Waals surface area contributed by atoms with Crippen LogP contribution in [0.25, 0.3) is 10.9 Å². The second-order valence-corrected chi connectivity index (χ2v) is 8.59. The van der Waals surface area contributed by atoms with Crippen LogP contribution in [-0.4, -0.2) is 27.6 Å². The molecule has 1 aromatic heterocycles. The third-order valence-corrected chi connectivity index (χ3v) is 7.36. The van der Waals surface area contributed by atoms with Crippen LogP contribution in [0.15, 0.2) is 18.2 Å². The monoisotopic (exact) mass is 412 g/mol. The molecule has 0 fully saturated rings. The highest BCUT2D eigenvalue weighted by molar-refractivity contribution is 14.1. The molecule has 118 valence electrons. The van der Waals surface area contributed by atoms with E-state index in [0.717, 1.165) is 17.5 Å². The number of nitrogens with zero attached hydrogens (tertiary/aromatic N) is 1. The van der Waals surface area contributed by atoms with E-state index in [0.29, 0.717) is 6.54 Å². The molecule has 0 spiro atoms. The van der Waals surface area contributed by atoms with E-state index in [1.807, 2.05) is 6.07 Å². The van der Waals surface area contributed by atoms with Crippen molar-refractivity contribution in [3.63, 3.8) is 0 Å². The zero-order valence-electron chi connectivity index (χ0n) is 13.3. The number of benzene rings is 1. The van der Waals surface area contributed by atoms with Crippen LogP contribution in [0.2, 0.25) is 0 Å². The average molecular weight is 412 g/mol. The van der Waals surface area contributed by atoms with Crippen molar-refractivity contribution in [2.75, 3.05) is 6.54 Å². The maximum atomic E-state index is 11.9. The summed E-state index contributed by atoms with van der Waals surface area (Å²) in [5, 5.41) is 10.9. The van der Waals surface area contributed by atoms with Gasteiger partial charge in [0.1, 0.15) is 3.55 Å². The maximum Gasteiger partial charge on any atom is 0.408 e. The lowest BCUT2D eigenvalue weighted by atomic mass is 9.77. The van der Waals surface area contributed by atoms with Crippen LogP contribution in [0.3, 0.4) is 0 Å². The molecule has 4 nitrogen and oxygen atoms in total. The minimum absolute atomic E-state index is 0.224. The Morgan fingerprint density at radius 3 is 2.68 bits per heavy atom. The first-order valence-corrected chi connectivity index (χ1v) is 8.56. The van der Waals surface area contributed by atoms with E-state index in [1.165, 1.54) is 16.6 Å². The van der Waals surface area contributed by atoms with E-state index in [2.05, 4.69) is 67.4 Å².